The molecule has 2 N–H and O–H groups in total. The van der Waals surface area contributed by atoms with Crippen LogP contribution >= 0.6 is 0 Å². The molecule has 2 amide bonds. The van der Waals surface area contributed by atoms with Crippen molar-refractivity contribution in [3.63, 3.8) is 0 Å². The van der Waals surface area contributed by atoms with Crippen molar-refractivity contribution < 1.29 is 31.9 Å². The molecule has 0 spiro atoms. The summed E-state index contributed by atoms with van der Waals surface area (Å²) in [6.45, 7) is 3.34. The lowest BCUT2D eigenvalue weighted by Crippen LogP contribution is -2.13. The first-order valence-electron chi connectivity index (χ1n) is 9.16. The fourth-order valence-corrected chi connectivity index (χ4v) is 2.70. The van der Waals surface area contributed by atoms with Gasteiger partial charge in [0.1, 0.15) is 5.75 Å². The Hall–Kier alpha value is -4.14. The normalized spacial score (nSPS) is 10.9. The first kappa shape index (κ1) is 22.5. The predicted octanol–water partition coefficient (Wildman–Crippen LogP) is 6.01. The zero-order chi connectivity index (χ0) is 23.3. The minimum absolute atomic E-state index is 0.0597. The number of amides is 2. The standard InChI is InChI=1S/C23H16F4N2O3/c1-2-21(30)28-15-7-5-6-14(12-15)22(31)29-16-10-11-20(18(24)13-16)32-19-9-4-3-8-17(19)23(25,26)27/h2-13H,1H2,(H,28,30)(H,29,31). The van der Waals surface area contributed by atoms with Crippen LogP contribution in [0.25, 0.3) is 0 Å². The van der Waals surface area contributed by atoms with E-state index in [0.29, 0.717) is 5.69 Å². The van der Waals surface area contributed by atoms with Crippen LogP contribution in [0.1, 0.15) is 15.9 Å². The zero-order valence-corrected chi connectivity index (χ0v) is 16.4. The van der Waals surface area contributed by atoms with Gasteiger partial charge in [-0.15, -0.1) is 0 Å². The van der Waals surface area contributed by atoms with Gasteiger partial charge in [0.15, 0.2) is 11.6 Å². The number of carbonyl (C=O) groups excluding carboxylic acids is 2. The molecule has 0 fully saturated rings. The summed E-state index contributed by atoms with van der Waals surface area (Å²) in [4.78, 5) is 23.8. The molecule has 0 atom stereocenters. The monoisotopic (exact) mass is 444 g/mol. The smallest absolute Gasteiger partial charge is 0.419 e. The third-order valence-corrected chi connectivity index (χ3v) is 4.18. The van der Waals surface area contributed by atoms with Crippen molar-refractivity contribution in [1.82, 2.24) is 0 Å². The maximum Gasteiger partial charge on any atom is 0.419 e. The van der Waals surface area contributed by atoms with Gasteiger partial charge in [0.2, 0.25) is 5.91 Å². The van der Waals surface area contributed by atoms with Crippen LogP contribution in [0.3, 0.4) is 0 Å². The Labute approximate surface area is 180 Å². The van der Waals surface area contributed by atoms with Crippen LogP contribution in [0, 0.1) is 5.82 Å². The van der Waals surface area contributed by atoms with Crippen LogP contribution in [0.15, 0.2) is 79.4 Å². The molecule has 3 aromatic rings. The molecular formula is C23H16F4N2O3. The number of alkyl halides is 3. The summed E-state index contributed by atoms with van der Waals surface area (Å²) in [6, 6.07) is 13.8. The number of ether oxygens (including phenoxy) is 1. The van der Waals surface area contributed by atoms with Gasteiger partial charge in [-0.25, -0.2) is 4.39 Å². The van der Waals surface area contributed by atoms with E-state index in [1.165, 1.54) is 30.3 Å². The molecule has 0 saturated carbocycles. The van der Waals surface area contributed by atoms with Crippen molar-refractivity contribution in [1.29, 1.82) is 0 Å². The van der Waals surface area contributed by atoms with Crippen molar-refractivity contribution in [2.75, 3.05) is 10.6 Å². The highest BCUT2D eigenvalue weighted by Crippen LogP contribution is 2.38. The molecule has 0 aliphatic heterocycles. The van der Waals surface area contributed by atoms with E-state index in [9.17, 15) is 27.2 Å². The fourth-order valence-electron chi connectivity index (χ4n) is 2.70. The average Bonchev–Trinajstić information content (AvgIpc) is 2.75. The van der Waals surface area contributed by atoms with Crippen LogP contribution in [0.4, 0.5) is 28.9 Å². The number of hydrogen-bond acceptors (Lipinski definition) is 3. The molecule has 0 aliphatic carbocycles. The van der Waals surface area contributed by atoms with Crippen LogP contribution in [-0.4, -0.2) is 11.8 Å². The van der Waals surface area contributed by atoms with Gasteiger partial charge >= 0.3 is 6.18 Å². The largest absolute Gasteiger partial charge is 0.454 e. The number of nitrogens with one attached hydrogen (secondary N) is 2. The molecule has 3 aromatic carbocycles. The molecular weight excluding hydrogens is 428 g/mol. The molecule has 32 heavy (non-hydrogen) atoms. The van der Waals surface area contributed by atoms with E-state index < -0.39 is 40.9 Å². The topological polar surface area (TPSA) is 67.4 Å². The maximum absolute atomic E-state index is 14.4. The number of carbonyl (C=O) groups is 2. The summed E-state index contributed by atoms with van der Waals surface area (Å²) >= 11 is 0. The van der Waals surface area contributed by atoms with Gasteiger partial charge < -0.3 is 15.4 Å². The molecule has 0 heterocycles. The molecule has 0 aliphatic rings. The molecule has 0 radical (unpaired) electrons. The zero-order valence-electron chi connectivity index (χ0n) is 16.4. The molecule has 3 rings (SSSR count). The van der Waals surface area contributed by atoms with Crippen molar-refractivity contribution in [2.45, 2.75) is 6.18 Å². The van der Waals surface area contributed by atoms with E-state index in [1.807, 2.05) is 0 Å². The Morgan fingerprint density at radius 1 is 0.875 bits per heavy atom. The minimum atomic E-state index is -4.67. The van der Waals surface area contributed by atoms with Crippen molar-refractivity contribution >= 4 is 23.2 Å². The highest BCUT2D eigenvalue weighted by atomic mass is 19.4. The average molecular weight is 444 g/mol. The first-order valence-corrected chi connectivity index (χ1v) is 9.16. The maximum atomic E-state index is 14.4. The molecule has 0 unspecified atom stereocenters. The second kappa shape index (κ2) is 9.34. The third-order valence-electron chi connectivity index (χ3n) is 4.18. The molecule has 0 aromatic heterocycles. The molecule has 0 saturated heterocycles. The Morgan fingerprint density at radius 3 is 2.28 bits per heavy atom. The van der Waals surface area contributed by atoms with Crippen LogP contribution in [-0.2, 0) is 11.0 Å². The second-order valence-electron chi connectivity index (χ2n) is 6.47. The molecule has 164 valence electrons. The van der Waals surface area contributed by atoms with Crippen LogP contribution < -0.4 is 15.4 Å². The predicted molar refractivity (Wildman–Crippen MR) is 111 cm³/mol. The van der Waals surface area contributed by atoms with Gasteiger partial charge in [-0.2, -0.15) is 13.2 Å². The highest BCUT2D eigenvalue weighted by molar-refractivity contribution is 6.06. The van der Waals surface area contributed by atoms with E-state index in [1.54, 1.807) is 12.1 Å². The minimum Gasteiger partial charge on any atom is -0.454 e. The lowest BCUT2D eigenvalue weighted by atomic mass is 10.1. The van der Waals surface area contributed by atoms with Gasteiger partial charge in [-0.3, -0.25) is 9.59 Å². The number of halogens is 4. The van der Waals surface area contributed by atoms with E-state index in [0.717, 1.165) is 30.3 Å². The van der Waals surface area contributed by atoms with E-state index in [2.05, 4.69) is 17.2 Å². The van der Waals surface area contributed by atoms with Crippen molar-refractivity contribution in [2.24, 2.45) is 0 Å². The van der Waals surface area contributed by atoms with E-state index in [4.69, 9.17) is 4.74 Å². The first-order chi connectivity index (χ1) is 15.2. The number of anilines is 2. The van der Waals surface area contributed by atoms with Crippen molar-refractivity contribution in [3.8, 4) is 11.5 Å². The van der Waals surface area contributed by atoms with Gasteiger partial charge in [-0.1, -0.05) is 24.8 Å². The number of hydrogen-bond donors (Lipinski definition) is 2. The third kappa shape index (κ3) is 5.51. The molecule has 5 nitrogen and oxygen atoms in total. The van der Waals surface area contributed by atoms with E-state index >= 15 is 0 Å². The van der Waals surface area contributed by atoms with Gasteiger partial charge in [0, 0.05) is 23.0 Å². The Kier molecular flexibility index (Phi) is 6.58. The van der Waals surface area contributed by atoms with Gasteiger partial charge in [-0.05, 0) is 48.5 Å². The quantitative estimate of drug-likeness (QED) is 0.361. The van der Waals surface area contributed by atoms with Gasteiger partial charge in [0.25, 0.3) is 5.91 Å². The lowest BCUT2D eigenvalue weighted by molar-refractivity contribution is -0.138. The lowest BCUT2D eigenvalue weighted by Gasteiger charge is -2.14. The number of rotatable bonds is 6. The summed E-state index contributed by atoms with van der Waals surface area (Å²) in [6.07, 6.45) is -3.59. The fraction of sp³-hybridized carbons (Fsp3) is 0.0435. The summed E-state index contributed by atoms with van der Waals surface area (Å²) in [5.41, 5.74) is -0.433. The van der Waals surface area contributed by atoms with E-state index in [-0.39, 0.29) is 11.3 Å². The summed E-state index contributed by atoms with van der Waals surface area (Å²) < 4.78 is 58.8. The molecule has 9 heteroatoms. The van der Waals surface area contributed by atoms with Gasteiger partial charge in [0.05, 0.1) is 5.56 Å². The highest BCUT2D eigenvalue weighted by Gasteiger charge is 2.34. The Morgan fingerprint density at radius 2 is 1.59 bits per heavy atom. The van der Waals surface area contributed by atoms with Crippen molar-refractivity contribution in [3.05, 3.63) is 96.3 Å². The Bertz CT molecular complexity index is 1180. The molecule has 0 bridgehead atoms. The van der Waals surface area contributed by atoms with Crippen LogP contribution in [0.5, 0.6) is 11.5 Å². The SMILES string of the molecule is C=CC(=O)Nc1cccc(C(=O)Nc2ccc(Oc3ccccc3C(F)(F)F)c(F)c2)c1. The number of para-hydroxylation sites is 1. The number of benzene rings is 3. The second-order valence-corrected chi connectivity index (χ2v) is 6.47. The summed E-state index contributed by atoms with van der Waals surface area (Å²) in [5, 5.41) is 4.98. The Balaban J connectivity index is 1.75. The van der Waals surface area contributed by atoms with Crippen LogP contribution in [0.2, 0.25) is 0 Å². The summed E-state index contributed by atoms with van der Waals surface area (Å²) in [5.74, 6) is -2.99. The summed E-state index contributed by atoms with van der Waals surface area (Å²) in [7, 11) is 0.